The molecule has 0 saturated carbocycles. The van der Waals surface area contributed by atoms with E-state index in [9.17, 15) is 18.8 Å². The highest BCUT2D eigenvalue weighted by Gasteiger charge is 2.27. The fraction of sp³-hybridized carbons (Fsp3) is 0.526. The van der Waals surface area contributed by atoms with Crippen LogP contribution >= 0.6 is 0 Å². The number of hydrogen-bond acceptors (Lipinski definition) is 6. The van der Waals surface area contributed by atoms with Gasteiger partial charge in [0, 0.05) is 19.2 Å². The number of carbonyl (C=O) groups is 3. The lowest BCUT2D eigenvalue weighted by molar-refractivity contribution is -0.133. The number of nitrogens with one attached hydrogen (secondary N) is 2. The number of halogens is 1. The molecule has 1 aromatic carbocycles. The molecular formula is C19H26FN3O4. The molecule has 3 rings (SSSR count). The average Bonchev–Trinajstić information content (AvgIpc) is 2.67. The Hall–Kier alpha value is -2.32. The van der Waals surface area contributed by atoms with Crippen LogP contribution in [-0.2, 0) is 14.4 Å². The molecule has 2 saturated heterocycles. The van der Waals surface area contributed by atoms with E-state index in [0.717, 1.165) is 39.3 Å². The second kappa shape index (κ2) is 10.1. The number of aliphatic hydroxyl groups is 1. The van der Waals surface area contributed by atoms with Crippen molar-refractivity contribution in [3.05, 3.63) is 29.6 Å². The number of nitrogens with zero attached hydrogens (tertiary/aromatic N) is 1. The zero-order valence-electron chi connectivity index (χ0n) is 15.4. The van der Waals surface area contributed by atoms with E-state index in [1.165, 1.54) is 6.07 Å². The minimum Gasteiger partial charge on any atom is -0.400 e. The Bertz CT molecular complexity index is 675. The zero-order valence-corrected chi connectivity index (χ0v) is 15.4. The van der Waals surface area contributed by atoms with Gasteiger partial charge in [-0.1, -0.05) is 6.07 Å². The van der Waals surface area contributed by atoms with Gasteiger partial charge in [-0.3, -0.25) is 19.8 Å². The Morgan fingerprint density at radius 2 is 1.96 bits per heavy atom. The van der Waals surface area contributed by atoms with Gasteiger partial charge in [0.15, 0.2) is 0 Å². The van der Waals surface area contributed by atoms with Crippen molar-refractivity contribution >= 4 is 23.8 Å². The van der Waals surface area contributed by atoms with Crippen molar-refractivity contribution in [1.82, 2.24) is 10.2 Å². The van der Waals surface area contributed by atoms with Crippen molar-refractivity contribution in [2.75, 3.05) is 32.1 Å². The summed E-state index contributed by atoms with van der Waals surface area (Å²) < 4.78 is 14.5. The first kappa shape index (κ1) is 21.0. The van der Waals surface area contributed by atoms with Crippen LogP contribution in [0.3, 0.4) is 0 Å². The van der Waals surface area contributed by atoms with E-state index in [2.05, 4.69) is 15.5 Å². The maximum atomic E-state index is 14.5. The molecule has 1 unspecified atom stereocenters. The molecule has 2 fully saturated rings. The summed E-state index contributed by atoms with van der Waals surface area (Å²) in [5.74, 6) is -0.785. The summed E-state index contributed by atoms with van der Waals surface area (Å²) in [4.78, 5) is 35.6. The van der Waals surface area contributed by atoms with Crippen LogP contribution in [0.4, 0.5) is 10.1 Å². The topological polar surface area (TPSA) is 98.7 Å². The smallest absolute Gasteiger partial charge is 0.249 e. The minimum atomic E-state index is -0.519. The summed E-state index contributed by atoms with van der Waals surface area (Å²) in [5.41, 5.74) is 1.22. The van der Waals surface area contributed by atoms with Crippen molar-refractivity contribution in [3.8, 4) is 0 Å². The number of amides is 2. The van der Waals surface area contributed by atoms with Crippen molar-refractivity contribution in [1.29, 1.82) is 0 Å². The summed E-state index contributed by atoms with van der Waals surface area (Å²) in [6, 6.07) is 4.44. The number of likely N-dealkylation sites (tertiary alicyclic amines) is 1. The highest BCUT2D eigenvalue weighted by atomic mass is 19.1. The summed E-state index contributed by atoms with van der Waals surface area (Å²) in [6.45, 7) is 2.02. The number of hydrogen-bond donors (Lipinski definition) is 3. The van der Waals surface area contributed by atoms with Crippen LogP contribution in [-0.4, -0.2) is 60.9 Å². The third-order valence-electron chi connectivity index (χ3n) is 4.94. The first-order chi connectivity index (χ1) is 13.1. The standard InChI is InChI=1S/C18H22FN3O3.CH4O/c19-15-11-13(20-16-3-4-17(24)21-18(16)25)1-2-14(15)12-5-7-22(8-6-12)9-10-23;1-2/h1-2,10-12,16,20H,3-9H2,(H,21,24,25);2H,1H3. The molecule has 2 amide bonds. The molecule has 2 aliphatic rings. The fourth-order valence-corrected chi connectivity index (χ4v) is 3.51. The number of aliphatic hydroxyl groups excluding tert-OH is 1. The van der Waals surface area contributed by atoms with Gasteiger partial charge in [-0.2, -0.15) is 0 Å². The molecule has 1 aromatic rings. The largest absolute Gasteiger partial charge is 0.400 e. The van der Waals surface area contributed by atoms with E-state index < -0.39 is 6.04 Å². The molecule has 2 aliphatic heterocycles. The van der Waals surface area contributed by atoms with Crippen LogP contribution < -0.4 is 10.6 Å². The van der Waals surface area contributed by atoms with Gasteiger partial charge in [0.25, 0.3) is 0 Å². The van der Waals surface area contributed by atoms with Gasteiger partial charge in [0.1, 0.15) is 18.1 Å². The maximum absolute atomic E-state index is 14.5. The minimum absolute atomic E-state index is 0.146. The SMILES string of the molecule is CO.O=CCN1CCC(c2ccc(NC3CCC(=O)NC3=O)cc2F)CC1. The molecule has 2 heterocycles. The average molecular weight is 379 g/mol. The van der Waals surface area contributed by atoms with Gasteiger partial charge in [-0.15, -0.1) is 0 Å². The Labute approximate surface area is 157 Å². The van der Waals surface area contributed by atoms with Crippen LogP contribution in [0.5, 0.6) is 0 Å². The summed E-state index contributed by atoms with van der Waals surface area (Å²) in [6.07, 6.45) is 3.23. The molecule has 0 spiro atoms. The molecule has 1 atom stereocenters. The highest BCUT2D eigenvalue weighted by Crippen LogP contribution is 2.31. The van der Waals surface area contributed by atoms with Gasteiger partial charge in [0.2, 0.25) is 11.8 Å². The summed E-state index contributed by atoms with van der Waals surface area (Å²) in [5, 5.41) is 12.3. The molecule has 3 N–H and O–H groups in total. The van der Waals surface area contributed by atoms with Gasteiger partial charge in [0.05, 0.1) is 6.54 Å². The molecule has 0 radical (unpaired) electrons. The molecule has 0 bridgehead atoms. The highest BCUT2D eigenvalue weighted by molar-refractivity contribution is 6.01. The van der Waals surface area contributed by atoms with Crippen LogP contribution in [0.25, 0.3) is 0 Å². The van der Waals surface area contributed by atoms with Crippen molar-refractivity contribution in [3.63, 3.8) is 0 Å². The monoisotopic (exact) mass is 379 g/mol. The number of anilines is 1. The Morgan fingerprint density at radius 3 is 2.56 bits per heavy atom. The normalized spacial score (nSPS) is 21.1. The van der Waals surface area contributed by atoms with E-state index in [4.69, 9.17) is 5.11 Å². The van der Waals surface area contributed by atoms with Crippen LogP contribution in [0.1, 0.15) is 37.2 Å². The molecule has 148 valence electrons. The van der Waals surface area contributed by atoms with Crippen LogP contribution in [0.15, 0.2) is 18.2 Å². The quantitative estimate of drug-likeness (QED) is 0.522. The van der Waals surface area contributed by atoms with E-state index >= 15 is 0 Å². The number of aldehydes is 1. The first-order valence-corrected chi connectivity index (χ1v) is 9.07. The lowest BCUT2D eigenvalue weighted by Crippen LogP contribution is -2.47. The van der Waals surface area contributed by atoms with Crippen LogP contribution in [0.2, 0.25) is 0 Å². The number of rotatable bonds is 5. The molecule has 27 heavy (non-hydrogen) atoms. The zero-order chi connectivity index (χ0) is 19.8. The summed E-state index contributed by atoms with van der Waals surface area (Å²) >= 11 is 0. The predicted octanol–water partition coefficient (Wildman–Crippen LogP) is 1.03. The van der Waals surface area contributed by atoms with Crippen molar-refractivity contribution in [2.24, 2.45) is 0 Å². The third kappa shape index (κ3) is 5.58. The second-order valence-electron chi connectivity index (χ2n) is 6.63. The van der Waals surface area contributed by atoms with Crippen molar-refractivity contribution < 1.29 is 23.9 Å². The van der Waals surface area contributed by atoms with E-state index in [-0.39, 0.29) is 30.0 Å². The second-order valence-corrected chi connectivity index (χ2v) is 6.63. The third-order valence-corrected chi connectivity index (χ3v) is 4.94. The number of imide groups is 1. The first-order valence-electron chi connectivity index (χ1n) is 9.07. The fourth-order valence-electron chi connectivity index (χ4n) is 3.51. The Kier molecular flexibility index (Phi) is 7.87. The molecule has 0 aliphatic carbocycles. The molecule has 0 aromatic heterocycles. The van der Waals surface area contributed by atoms with E-state index in [0.29, 0.717) is 24.2 Å². The van der Waals surface area contributed by atoms with Crippen molar-refractivity contribution in [2.45, 2.75) is 37.6 Å². The number of carbonyl (C=O) groups excluding carboxylic acids is 3. The van der Waals surface area contributed by atoms with Gasteiger partial charge >= 0.3 is 0 Å². The van der Waals surface area contributed by atoms with E-state index in [1.54, 1.807) is 12.1 Å². The summed E-state index contributed by atoms with van der Waals surface area (Å²) in [7, 11) is 1.00. The Balaban J connectivity index is 0.00000126. The van der Waals surface area contributed by atoms with Gasteiger partial charge in [-0.05, 0) is 56.0 Å². The molecule has 8 heteroatoms. The lowest BCUT2D eigenvalue weighted by atomic mass is 9.89. The lowest BCUT2D eigenvalue weighted by Gasteiger charge is -2.31. The Morgan fingerprint density at radius 1 is 1.26 bits per heavy atom. The van der Waals surface area contributed by atoms with E-state index in [1.807, 2.05) is 0 Å². The van der Waals surface area contributed by atoms with Gasteiger partial charge in [-0.25, -0.2) is 4.39 Å². The molecular weight excluding hydrogens is 353 g/mol. The maximum Gasteiger partial charge on any atom is 0.249 e. The number of benzene rings is 1. The van der Waals surface area contributed by atoms with Gasteiger partial charge < -0.3 is 15.2 Å². The molecule has 7 nitrogen and oxygen atoms in total. The predicted molar refractivity (Wildman–Crippen MR) is 98.8 cm³/mol. The number of piperidine rings is 2. The van der Waals surface area contributed by atoms with Crippen LogP contribution in [0, 0.1) is 5.82 Å².